The fourth-order valence-corrected chi connectivity index (χ4v) is 2.20. The number of halogens is 1. The van der Waals surface area contributed by atoms with E-state index in [9.17, 15) is 14.0 Å². The van der Waals surface area contributed by atoms with Gasteiger partial charge in [0.2, 0.25) is 6.29 Å². The van der Waals surface area contributed by atoms with Crippen LogP contribution in [0, 0.1) is 5.92 Å². The van der Waals surface area contributed by atoms with E-state index in [1.165, 1.54) is 13.8 Å². The third kappa shape index (κ3) is 2.80. The number of ether oxygens (including phenoxy) is 3. The highest BCUT2D eigenvalue weighted by atomic mass is 19.1. The van der Waals surface area contributed by atoms with Crippen LogP contribution in [-0.2, 0) is 23.8 Å². The molecule has 104 valence electrons. The molecule has 18 heavy (non-hydrogen) atoms. The minimum absolute atomic E-state index is 0.388. The van der Waals surface area contributed by atoms with Crippen molar-refractivity contribution in [3.63, 3.8) is 0 Å². The average Bonchev–Trinajstić information content (AvgIpc) is 2.53. The maximum Gasteiger partial charge on any atom is 0.305 e. The van der Waals surface area contributed by atoms with E-state index in [2.05, 4.69) is 0 Å². The number of carbonyl (C=O) groups excluding carboxylic acids is 2. The predicted octanol–water partition coefficient (Wildman–Crippen LogP) is 1.59. The highest BCUT2D eigenvalue weighted by Gasteiger charge is 2.55. The van der Waals surface area contributed by atoms with Gasteiger partial charge in [0.25, 0.3) is 0 Å². The van der Waals surface area contributed by atoms with Crippen LogP contribution in [0.3, 0.4) is 0 Å². The monoisotopic (exact) mass is 262 g/mol. The number of esters is 2. The molecule has 0 amide bonds. The number of alkyl halides is 1. The third-order valence-electron chi connectivity index (χ3n) is 3.35. The Kier molecular flexibility index (Phi) is 4.67. The van der Waals surface area contributed by atoms with Gasteiger partial charge in [-0.25, -0.2) is 4.39 Å². The Morgan fingerprint density at radius 3 is 2.22 bits per heavy atom. The van der Waals surface area contributed by atoms with Crippen molar-refractivity contribution in [2.75, 3.05) is 6.67 Å². The molecule has 0 N–H and O–H groups in total. The second-order valence-electron chi connectivity index (χ2n) is 4.51. The quantitative estimate of drug-likeness (QED) is 0.720. The van der Waals surface area contributed by atoms with Gasteiger partial charge in [-0.15, -0.1) is 0 Å². The number of hydrogen-bond acceptors (Lipinski definition) is 5. The van der Waals surface area contributed by atoms with Gasteiger partial charge >= 0.3 is 11.9 Å². The zero-order chi connectivity index (χ0) is 13.9. The summed E-state index contributed by atoms with van der Waals surface area (Å²) in [5.74, 6) is -1.46. The SMILES string of the molecule is CC[C@@]1(CF)O[C@H](OC(C)=O)[C@H](OC(C)=O)[C@@H]1C. The summed E-state index contributed by atoms with van der Waals surface area (Å²) in [6.45, 7) is 5.25. The summed E-state index contributed by atoms with van der Waals surface area (Å²) in [4.78, 5) is 22.0. The maximum atomic E-state index is 13.2. The molecule has 4 atom stereocenters. The molecule has 0 unspecified atom stereocenters. The van der Waals surface area contributed by atoms with Crippen molar-refractivity contribution in [3.05, 3.63) is 0 Å². The lowest BCUT2D eigenvalue weighted by Gasteiger charge is -2.28. The Morgan fingerprint density at radius 2 is 1.83 bits per heavy atom. The lowest BCUT2D eigenvalue weighted by Crippen LogP contribution is -2.39. The van der Waals surface area contributed by atoms with E-state index in [0.717, 1.165) is 0 Å². The minimum Gasteiger partial charge on any atom is -0.455 e. The molecule has 0 spiro atoms. The normalized spacial score (nSPS) is 35.3. The highest BCUT2D eigenvalue weighted by Crippen LogP contribution is 2.41. The molecule has 1 heterocycles. The first kappa shape index (κ1) is 14.9. The molecule has 1 fully saturated rings. The van der Waals surface area contributed by atoms with Crippen LogP contribution in [0.1, 0.15) is 34.1 Å². The minimum atomic E-state index is -1.07. The first-order valence-corrected chi connectivity index (χ1v) is 5.94. The highest BCUT2D eigenvalue weighted by molar-refractivity contribution is 5.67. The molecule has 0 saturated carbocycles. The van der Waals surface area contributed by atoms with Crippen LogP contribution in [0.4, 0.5) is 4.39 Å². The van der Waals surface area contributed by atoms with Crippen molar-refractivity contribution in [1.82, 2.24) is 0 Å². The van der Waals surface area contributed by atoms with Crippen molar-refractivity contribution in [2.45, 2.75) is 52.1 Å². The predicted molar refractivity (Wildman–Crippen MR) is 60.4 cm³/mol. The molecule has 1 rings (SSSR count). The number of carbonyl (C=O) groups is 2. The van der Waals surface area contributed by atoms with E-state index in [0.29, 0.717) is 6.42 Å². The summed E-state index contributed by atoms with van der Waals surface area (Å²) in [7, 11) is 0. The van der Waals surface area contributed by atoms with Crippen molar-refractivity contribution in [1.29, 1.82) is 0 Å². The van der Waals surface area contributed by atoms with E-state index in [1.54, 1.807) is 13.8 Å². The van der Waals surface area contributed by atoms with Crippen molar-refractivity contribution in [2.24, 2.45) is 5.92 Å². The first-order chi connectivity index (χ1) is 8.36. The van der Waals surface area contributed by atoms with Gasteiger partial charge < -0.3 is 14.2 Å². The van der Waals surface area contributed by atoms with E-state index < -0.39 is 36.6 Å². The summed E-state index contributed by atoms with van der Waals surface area (Å²) in [6, 6.07) is 0. The first-order valence-electron chi connectivity index (χ1n) is 5.94. The lowest BCUT2D eigenvalue weighted by molar-refractivity contribution is -0.206. The zero-order valence-electron chi connectivity index (χ0n) is 11.1. The average molecular weight is 262 g/mol. The summed E-state index contributed by atoms with van der Waals surface area (Å²) < 4.78 is 28.7. The largest absolute Gasteiger partial charge is 0.455 e. The van der Waals surface area contributed by atoms with Crippen LogP contribution in [0.15, 0.2) is 0 Å². The molecule has 0 aromatic carbocycles. The molecule has 5 nitrogen and oxygen atoms in total. The number of hydrogen-bond donors (Lipinski definition) is 0. The van der Waals surface area contributed by atoms with Crippen LogP contribution in [0.25, 0.3) is 0 Å². The summed E-state index contributed by atoms with van der Waals surface area (Å²) in [5, 5.41) is 0. The standard InChI is InChI=1S/C12H19FO5/c1-5-12(6-13)7(2)10(16-8(3)14)11(18-12)17-9(4)15/h7,10-11H,5-6H2,1-4H3/t7-,10+,11-,12-/m0/s1. The van der Waals surface area contributed by atoms with E-state index >= 15 is 0 Å². The van der Waals surface area contributed by atoms with E-state index in [4.69, 9.17) is 14.2 Å². The zero-order valence-corrected chi connectivity index (χ0v) is 11.1. The molecule has 0 aromatic rings. The molecule has 0 bridgehead atoms. The van der Waals surface area contributed by atoms with Crippen LogP contribution >= 0.6 is 0 Å². The maximum absolute atomic E-state index is 13.2. The van der Waals surface area contributed by atoms with Crippen LogP contribution in [0.5, 0.6) is 0 Å². The Balaban J connectivity index is 2.94. The molecule has 0 aromatic heterocycles. The number of rotatable bonds is 4. The molecule has 1 saturated heterocycles. The van der Waals surface area contributed by atoms with Gasteiger partial charge in [-0.3, -0.25) is 9.59 Å². The molecule has 6 heteroatoms. The van der Waals surface area contributed by atoms with Gasteiger partial charge in [0.15, 0.2) is 6.10 Å². The van der Waals surface area contributed by atoms with Crippen LogP contribution in [-0.4, -0.2) is 36.6 Å². The van der Waals surface area contributed by atoms with Crippen molar-refractivity contribution >= 4 is 11.9 Å². The Hall–Kier alpha value is -1.17. The Labute approximate surface area is 106 Å². The van der Waals surface area contributed by atoms with Gasteiger partial charge in [-0.05, 0) is 6.42 Å². The topological polar surface area (TPSA) is 61.8 Å². The van der Waals surface area contributed by atoms with Gasteiger partial charge in [0.05, 0.1) is 0 Å². The van der Waals surface area contributed by atoms with E-state index in [1.807, 2.05) is 0 Å². The fourth-order valence-electron chi connectivity index (χ4n) is 2.20. The van der Waals surface area contributed by atoms with Crippen molar-refractivity contribution < 1.29 is 28.2 Å². The lowest BCUT2D eigenvalue weighted by atomic mass is 9.86. The second-order valence-corrected chi connectivity index (χ2v) is 4.51. The van der Waals surface area contributed by atoms with Crippen LogP contribution in [0.2, 0.25) is 0 Å². The second kappa shape index (κ2) is 5.65. The fraction of sp³-hybridized carbons (Fsp3) is 0.833. The smallest absolute Gasteiger partial charge is 0.305 e. The van der Waals surface area contributed by atoms with Gasteiger partial charge in [0.1, 0.15) is 12.3 Å². The summed E-state index contributed by atoms with van der Waals surface area (Å²) >= 11 is 0. The summed E-state index contributed by atoms with van der Waals surface area (Å²) in [5.41, 5.74) is -1.07. The Morgan fingerprint density at radius 1 is 1.28 bits per heavy atom. The summed E-state index contributed by atoms with van der Waals surface area (Å²) in [6.07, 6.45) is -1.42. The molecular formula is C12H19FO5. The van der Waals surface area contributed by atoms with Gasteiger partial charge in [0, 0.05) is 19.8 Å². The van der Waals surface area contributed by atoms with Crippen LogP contribution < -0.4 is 0 Å². The molecule has 0 radical (unpaired) electrons. The molecule has 1 aliphatic heterocycles. The third-order valence-corrected chi connectivity index (χ3v) is 3.35. The van der Waals surface area contributed by atoms with E-state index in [-0.39, 0.29) is 5.92 Å². The van der Waals surface area contributed by atoms with Gasteiger partial charge in [-0.2, -0.15) is 0 Å². The van der Waals surface area contributed by atoms with Crippen molar-refractivity contribution in [3.8, 4) is 0 Å². The molecule has 1 aliphatic rings. The molecular weight excluding hydrogens is 243 g/mol. The van der Waals surface area contributed by atoms with Gasteiger partial charge in [-0.1, -0.05) is 13.8 Å². The molecule has 0 aliphatic carbocycles. The Bertz CT molecular complexity index is 326.